The quantitative estimate of drug-likeness (QED) is 0.455. The van der Waals surface area contributed by atoms with E-state index in [9.17, 15) is 14.3 Å². The fourth-order valence-electron chi connectivity index (χ4n) is 2.38. The number of hydrogen-bond donors (Lipinski definition) is 4. The molecule has 8 nitrogen and oxygen atoms in total. The third-order valence-electron chi connectivity index (χ3n) is 3.69. The van der Waals surface area contributed by atoms with Crippen LogP contribution in [0.3, 0.4) is 0 Å². The molecule has 5 N–H and O–H groups in total. The normalized spacial score (nSPS) is 12.4. The summed E-state index contributed by atoms with van der Waals surface area (Å²) >= 11 is 0. The van der Waals surface area contributed by atoms with Crippen molar-refractivity contribution in [2.24, 2.45) is 4.99 Å². The number of anilines is 2. The number of aromatic nitrogens is 1. The second-order valence-electron chi connectivity index (χ2n) is 5.45. The maximum absolute atomic E-state index is 14.5. The number of halogens is 1. The Morgan fingerprint density at radius 3 is 2.70 bits per heavy atom. The summed E-state index contributed by atoms with van der Waals surface area (Å²) in [4.78, 5) is 20.0. The van der Waals surface area contributed by atoms with Crippen LogP contribution < -0.4 is 16.4 Å². The Labute approximate surface area is 156 Å². The Hall–Kier alpha value is -3.20. The van der Waals surface area contributed by atoms with E-state index < -0.39 is 17.9 Å². The Morgan fingerprint density at radius 1 is 1.41 bits per heavy atom. The number of pyridine rings is 1. The molecule has 0 saturated carbocycles. The van der Waals surface area contributed by atoms with Crippen molar-refractivity contribution in [2.45, 2.75) is 13.0 Å². The molecule has 1 atom stereocenters. The number of amides is 2. The van der Waals surface area contributed by atoms with E-state index in [0.29, 0.717) is 12.2 Å². The van der Waals surface area contributed by atoms with E-state index in [2.05, 4.69) is 20.6 Å². The van der Waals surface area contributed by atoms with Crippen molar-refractivity contribution in [3.8, 4) is 0 Å². The third-order valence-corrected chi connectivity index (χ3v) is 3.69. The molecule has 9 heteroatoms. The highest BCUT2D eigenvalue weighted by atomic mass is 19.1. The van der Waals surface area contributed by atoms with Gasteiger partial charge in [-0.1, -0.05) is 30.3 Å². The molecular weight excluding hydrogens is 353 g/mol. The third kappa shape index (κ3) is 4.91. The number of nitrogens with one attached hydrogen (secondary N) is 2. The summed E-state index contributed by atoms with van der Waals surface area (Å²) in [5, 5.41) is 14.3. The summed E-state index contributed by atoms with van der Waals surface area (Å²) in [5.41, 5.74) is 6.46. The highest BCUT2D eigenvalue weighted by molar-refractivity contribution is 6.00. The number of hydrogen-bond acceptors (Lipinski definition) is 6. The van der Waals surface area contributed by atoms with Crippen molar-refractivity contribution in [1.29, 1.82) is 0 Å². The number of aliphatic hydroxyl groups is 1. The fraction of sp³-hybridized carbons (Fsp3) is 0.278. The lowest BCUT2D eigenvalue weighted by atomic mass is 10.1. The zero-order valence-electron chi connectivity index (χ0n) is 15.1. The van der Waals surface area contributed by atoms with Gasteiger partial charge >= 0.3 is 6.03 Å². The van der Waals surface area contributed by atoms with E-state index in [1.165, 1.54) is 13.2 Å². The molecule has 0 saturated heterocycles. The smallest absolute Gasteiger partial charge is 0.321 e. The zero-order valence-corrected chi connectivity index (χ0v) is 15.1. The molecule has 2 amide bonds. The van der Waals surface area contributed by atoms with E-state index in [1.54, 1.807) is 31.2 Å². The van der Waals surface area contributed by atoms with Crippen LogP contribution >= 0.6 is 0 Å². The van der Waals surface area contributed by atoms with Crippen molar-refractivity contribution in [3.63, 3.8) is 0 Å². The van der Waals surface area contributed by atoms with Gasteiger partial charge in [-0.05, 0) is 12.5 Å². The van der Waals surface area contributed by atoms with Gasteiger partial charge < -0.3 is 20.9 Å². The van der Waals surface area contributed by atoms with Crippen molar-refractivity contribution >= 4 is 23.4 Å². The summed E-state index contributed by atoms with van der Waals surface area (Å²) in [6.45, 7) is 1.77. The van der Waals surface area contributed by atoms with Gasteiger partial charge in [-0.3, -0.25) is 10.3 Å². The molecular formula is C18H22FN5O3. The van der Waals surface area contributed by atoms with Crippen LogP contribution in [0.15, 0.2) is 41.5 Å². The first-order valence-electron chi connectivity index (χ1n) is 8.29. The maximum Gasteiger partial charge on any atom is 0.321 e. The van der Waals surface area contributed by atoms with Crippen LogP contribution in [-0.4, -0.2) is 42.3 Å². The number of carbonyl (C=O) groups excluding carboxylic acids is 1. The number of benzene rings is 1. The van der Waals surface area contributed by atoms with Gasteiger partial charge in [0.1, 0.15) is 0 Å². The van der Waals surface area contributed by atoms with E-state index in [1.807, 2.05) is 6.07 Å². The molecule has 0 bridgehead atoms. The lowest BCUT2D eigenvalue weighted by Gasteiger charge is -2.17. The average Bonchev–Trinajstić information content (AvgIpc) is 2.69. The van der Waals surface area contributed by atoms with E-state index in [-0.39, 0.29) is 29.6 Å². The lowest BCUT2D eigenvalue weighted by molar-refractivity contribution is 0.225. The second-order valence-corrected chi connectivity index (χ2v) is 5.45. The Kier molecular flexibility index (Phi) is 7.07. The van der Waals surface area contributed by atoms with Crippen molar-refractivity contribution in [1.82, 2.24) is 10.3 Å². The monoisotopic (exact) mass is 375 g/mol. The van der Waals surface area contributed by atoms with Gasteiger partial charge in [0, 0.05) is 13.2 Å². The molecule has 1 aromatic carbocycles. The molecule has 0 spiro atoms. The molecule has 0 aliphatic heterocycles. The first-order chi connectivity index (χ1) is 13.0. The van der Waals surface area contributed by atoms with E-state index in [0.717, 1.165) is 0 Å². The van der Waals surface area contributed by atoms with Gasteiger partial charge in [0.15, 0.2) is 11.6 Å². The summed E-state index contributed by atoms with van der Waals surface area (Å²) in [7, 11) is 1.49. The topological polar surface area (TPSA) is 122 Å². The SMILES string of the molecule is CCOC(=NC)c1cnc(NC(=O)N[C@H](CO)c2ccccc2)c(F)c1N. The molecule has 0 unspecified atom stereocenters. The summed E-state index contributed by atoms with van der Waals surface area (Å²) in [5.74, 6) is -1.09. The maximum atomic E-state index is 14.5. The standard InChI is InChI=1S/C18H22FN5O3/c1-3-27-17(21-2)12-9-22-16(14(19)15(12)20)24-18(26)23-13(10-25)11-7-5-4-6-8-11/h4-9,13,25H,3,10H2,1-2H3,(H4,20,22,23,24,26)/t13-/m1/s1. The van der Waals surface area contributed by atoms with E-state index >= 15 is 0 Å². The average molecular weight is 375 g/mol. The molecule has 0 fully saturated rings. The Bertz CT molecular complexity index is 814. The van der Waals surface area contributed by atoms with Crippen molar-refractivity contribution in [3.05, 3.63) is 53.5 Å². The molecule has 0 aliphatic carbocycles. The van der Waals surface area contributed by atoms with Crippen molar-refractivity contribution < 1.29 is 19.0 Å². The Morgan fingerprint density at radius 2 is 2.11 bits per heavy atom. The van der Waals surface area contributed by atoms with Crippen LogP contribution in [0.1, 0.15) is 24.1 Å². The highest BCUT2D eigenvalue weighted by Gasteiger charge is 2.20. The van der Waals surface area contributed by atoms with Crippen LogP contribution in [0.2, 0.25) is 0 Å². The lowest BCUT2D eigenvalue weighted by Crippen LogP contribution is -2.35. The number of nitrogen functional groups attached to an aromatic ring is 1. The largest absolute Gasteiger partial charge is 0.478 e. The molecule has 2 rings (SSSR count). The van der Waals surface area contributed by atoms with Crippen LogP contribution in [0.25, 0.3) is 0 Å². The van der Waals surface area contributed by atoms with Gasteiger partial charge in [0.05, 0.1) is 30.5 Å². The second kappa shape index (κ2) is 9.48. The first-order valence-corrected chi connectivity index (χ1v) is 8.29. The number of aliphatic hydroxyl groups excluding tert-OH is 1. The van der Waals surface area contributed by atoms with Gasteiger partial charge in [-0.25, -0.2) is 14.2 Å². The summed E-state index contributed by atoms with van der Waals surface area (Å²) in [6.07, 6.45) is 1.27. The molecule has 144 valence electrons. The predicted octanol–water partition coefficient (Wildman–Crippen LogP) is 2.07. The first kappa shape index (κ1) is 20.1. The summed E-state index contributed by atoms with van der Waals surface area (Å²) < 4.78 is 19.8. The minimum Gasteiger partial charge on any atom is -0.478 e. The minimum absolute atomic E-state index is 0.154. The molecule has 0 aliphatic rings. The number of aliphatic imine (C=N–C) groups is 1. The van der Waals surface area contributed by atoms with Gasteiger partial charge in [-0.15, -0.1) is 0 Å². The minimum atomic E-state index is -0.899. The zero-order chi connectivity index (χ0) is 19.8. The van der Waals surface area contributed by atoms with Crippen LogP contribution in [0, 0.1) is 5.82 Å². The molecule has 1 aromatic heterocycles. The van der Waals surface area contributed by atoms with E-state index in [4.69, 9.17) is 10.5 Å². The van der Waals surface area contributed by atoms with Crippen LogP contribution in [0.5, 0.6) is 0 Å². The van der Waals surface area contributed by atoms with Gasteiger partial charge in [0.25, 0.3) is 0 Å². The summed E-state index contributed by atoms with van der Waals surface area (Å²) in [6, 6.07) is 7.51. The fourth-order valence-corrected chi connectivity index (χ4v) is 2.38. The number of carbonyl (C=O) groups is 1. The number of rotatable bonds is 6. The predicted molar refractivity (Wildman–Crippen MR) is 101 cm³/mol. The molecule has 0 radical (unpaired) electrons. The number of nitrogens with zero attached hydrogens (tertiary/aromatic N) is 2. The van der Waals surface area contributed by atoms with Crippen LogP contribution in [0.4, 0.5) is 20.7 Å². The Balaban J connectivity index is 2.15. The number of urea groups is 1. The van der Waals surface area contributed by atoms with Crippen molar-refractivity contribution in [2.75, 3.05) is 31.3 Å². The highest BCUT2D eigenvalue weighted by Crippen LogP contribution is 2.23. The molecule has 1 heterocycles. The number of nitrogens with two attached hydrogens (primary N) is 1. The van der Waals surface area contributed by atoms with Crippen LogP contribution in [-0.2, 0) is 4.74 Å². The molecule has 27 heavy (non-hydrogen) atoms. The van der Waals surface area contributed by atoms with Gasteiger partial charge in [0.2, 0.25) is 5.90 Å². The number of ether oxygens (including phenoxy) is 1. The molecule has 2 aromatic rings. The van der Waals surface area contributed by atoms with Gasteiger partial charge in [-0.2, -0.15) is 0 Å².